The number of rotatable bonds is 2. The first-order valence-corrected chi connectivity index (χ1v) is 6.11. The van der Waals surface area contributed by atoms with Crippen molar-refractivity contribution >= 4 is 17.6 Å². The Bertz CT molecular complexity index is 657. The van der Waals surface area contributed by atoms with Crippen LogP contribution >= 0.6 is 0 Å². The summed E-state index contributed by atoms with van der Waals surface area (Å²) in [5.74, 6) is -0.368. The molecule has 6 nitrogen and oxygen atoms in total. The molecule has 0 unspecified atom stereocenters. The maximum atomic E-state index is 12.0. The van der Waals surface area contributed by atoms with Crippen LogP contribution in [-0.4, -0.2) is 21.9 Å². The molecular formula is C14H12N4O2. The highest BCUT2D eigenvalue weighted by Gasteiger charge is 2.23. The first-order chi connectivity index (χ1) is 9.74. The second-order valence-corrected chi connectivity index (χ2v) is 4.36. The van der Waals surface area contributed by atoms with Crippen molar-refractivity contribution < 1.29 is 9.59 Å². The second kappa shape index (κ2) is 5.00. The molecule has 6 heteroatoms. The molecule has 20 heavy (non-hydrogen) atoms. The van der Waals surface area contributed by atoms with Crippen molar-refractivity contribution in [2.75, 3.05) is 5.32 Å². The zero-order valence-electron chi connectivity index (χ0n) is 10.5. The van der Waals surface area contributed by atoms with E-state index in [-0.39, 0.29) is 11.9 Å². The quantitative estimate of drug-likeness (QED) is 0.871. The number of hydrogen-bond donors (Lipinski definition) is 2. The highest BCUT2D eigenvalue weighted by Crippen LogP contribution is 2.21. The second-order valence-electron chi connectivity index (χ2n) is 4.36. The van der Waals surface area contributed by atoms with Crippen LogP contribution in [0.3, 0.4) is 0 Å². The van der Waals surface area contributed by atoms with Crippen LogP contribution in [0.1, 0.15) is 15.9 Å². The number of benzene rings is 1. The normalized spacial score (nSPS) is 13.4. The van der Waals surface area contributed by atoms with E-state index in [4.69, 9.17) is 0 Å². The van der Waals surface area contributed by atoms with Crippen LogP contribution in [0.2, 0.25) is 0 Å². The fraction of sp³-hybridized carbons (Fsp3) is 0.0714. The predicted octanol–water partition coefficient (Wildman–Crippen LogP) is 1.77. The van der Waals surface area contributed by atoms with Gasteiger partial charge in [0.25, 0.3) is 5.91 Å². The summed E-state index contributed by atoms with van der Waals surface area (Å²) in [6, 6.07) is 10.4. The summed E-state index contributed by atoms with van der Waals surface area (Å²) in [6.07, 6.45) is 3.03. The van der Waals surface area contributed by atoms with Crippen LogP contribution in [0.15, 0.2) is 48.8 Å². The average molecular weight is 268 g/mol. The minimum atomic E-state index is -0.368. The van der Waals surface area contributed by atoms with Gasteiger partial charge in [0.1, 0.15) is 0 Å². The van der Waals surface area contributed by atoms with Crippen molar-refractivity contribution in [2.45, 2.75) is 6.54 Å². The summed E-state index contributed by atoms with van der Waals surface area (Å²) >= 11 is 0. The Kier molecular flexibility index (Phi) is 3.04. The number of anilines is 1. The molecule has 3 amide bonds. The number of carbonyl (C=O) groups is 2. The Morgan fingerprint density at radius 1 is 1.25 bits per heavy atom. The minimum Gasteiger partial charge on any atom is -0.306 e. The molecule has 0 saturated carbocycles. The number of para-hydroxylation sites is 1. The number of nitrogens with one attached hydrogen (secondary N) is 2. The molecule has 1 aromatic heterocycles. The number of pyridine rings is 1. The van der Waals surface area contributed by atoms with Crippen LogP contribution < -0.4 is 10.7 Å². The lowest BCUT2D eigenvalue weighted by Crippen LogP contribution is -2.49. The van der Waals surface area contributed by atoms with Gasteiger partial charge in [-0.1, -0.05) is 18.2 Å². The Labute approximate surface area is 115 Å². The number of nitrogens with zero attached hydrogens (tertiary/aromatic N) is 2. The molecule has 0 bridgehead atoms. The van der Waals surface area contributed by atoms with E-state index >= 15 is 0 Å². The number of fused-ring (bicyclic) bond motifs is 1. The van der Waals surface area contributed by atoms with E-state index in [0.29, 0.717) is 12.1 Å². The maximum Gasteiger partial charge on any atom is 0.340 e. The van der Waals surface area contributed by atoms with E-state index in [1.165, 1.54) is 11.2 Å². The topological polar surface area (TPSA) is 74.3 Å². The molecule has 0 spiro atoms. The summed E-state index contributed by atoms with van der Waals surface area (Å²) in [7, 11) is 0. The lowest BCUT2D eigenvalue weighted by atomic mass is 10.1. The largest absolute Gasteiger partial charge is 0.340 e. The average Bonchev–Trinajstić information content (AvgIpc) is 2.49. The van der Waals surface area contributed by atoms with E-state index in [1.54, 1.807) is 18.3 Å². The van der Waals surface area contributed by atoms with Crippen molar-refractivity contribution in [3.05, 3.63) is 59.9 Å². The lowest BCUT2D eigenvalue weighted by Gasteiger charge is -2.29. The summed E-state index contributed by atoms with van der Waals surface area (Å²) in [4.78, 5) is 27.8. The highest BCUT2D eigenvalue weighted by atomic mass is 16.2. The van der Waals surface area contributed by atoms with Crippen LogP contribution in [0, 0.1) is 0 Å². The van der Waals surface area contributed by atoms with E-state index in [9.17, 15) is 9.59 Å². The molecule has 2 N–H and O–H groups in total. The zero-order chi connectivity index (χ0) is 13.9. The third-order valence-corrected chi connectivity index (χ3v) is 2.99. The molecule has 0 saturated heterocycles. The van der Waals surface area contributed by atoms with E-state index in [2.05, 4.69) is 15.7 Å². The van der Waals surface area contributed by atoms with Crippen molar-refractivity contribution in [3.63, 3.8) is 0 Å². The Morgan fingerprint density at radius 2 is 2.10 bits per heavy atom. The molecular weight excluding hydrogens is 256 g/mol. The SMILES string of the molecule is O=C(NN1Cc2ccccc2NC1=O)c1cccnc1. The van der Waals surface area contributed by atoms with Crippen molar-refractivity contribution in [1.29, 1.82) is 0 Å². The lowest BCUT2D eigenvalue weighted by molar-refractivity contribution is 0.0825. The third kappa shape index (κ3) is 2.31. The van der Waals surface area contributed by atoms with E-state index in [0.717, 1.165) is 11.3 Å². The first-order valence-electron chi connectivity index (χ1n) is 6.11. The molecule has 0 atom stereocenters. The van der Waals surface area contributed by atoms with Gasteiger partial charge in [-0.15, -0.1) is 0 Å². The number of amides is 3. The van der Waals surface area contributed by atoms with Crippen LogP contribution in [0.5, 0.6) is 0 Å². The fourth-order valence-corrected chi connectivity index (χ4v) is 1.98. The molecule has 0 aliphatic carbocycles. The summed E-state index contributed by atoms with van der Waals surface area (Å²) < 4.78 is 0. The molecule has 1 aliphatic heterocycles. The maximum absolute atomic E-state index is 12.0. The molecule has 1 aliphatic rings. The summed E-state index contributed by atoms with van der Waals surface area (Å²) in [5.41, 5.74) is 4.68. The highest BCUT2D eigenvalue weighted by molar-refractivity contribution is 5.98. The van der Waals surface area contributed by atoms with Gasteiger partial charge in [0, 0.05) is 18.1 Å². The van der Waals surface area contributed by atoms with Gasteiger partial charge in [0.05, 0.1) is 12.1 Å². The molecule has 100 valence electrons. The molecule has 2 aromatic rings. The van der Waals surface area contributed by atoms with Crippen molar-refractivity contribution in [1.82, 2.24) is 15.4 Å². The number of hydrazine groups is 1. The van der Waals surface area contributed by atoms with Crippen LogP contribution in [-0.2, 0) is 6.54 Å². The summed E-state index contributed by atoms with van der Waals surface area (Å²) in [5, 5.41) is 3.97. The summed E-state index contributed by atoms with van der Waals surface area (Å²) in [6.45, 7) is 0.327. The molecule has 0 radical (unpaired) electrons. The molecule has 1 aromatic carbocycles. The predicted molar refractivity (Wildman–Crippen MR) is 72.7 cm³/mol. The van der Waals surface area contributed by atoms with Crippen molar-refractivity contribution in [2.24, 2.45) is 0 Å². The Morgan fingerprint density at radius 3 is 2.90 bits per heavy atom. The Balaban J connectivity index is 1.76. The van der Waals surface area contributed by atoms with Crippen LogP contribution in [0.25, 0.3) is 0 Å². The fourth-order valence-electron chi connectivity index (χ4n) is 1.98. The first kappa shape index (κ1) is 12.2. The van der Waals surface area contributed by atoms with Gasteiger partial charge in [0.15, 0.2) is 0 Å². The van der Waals surface area contributed by atoms with Gasteiger partial charge in [-0.3, -0.25) is 15.2 Å². The Hall–Kier alpha value is -2.89. The van der Waals surface area contributed by atoms with Gasteiger partial charge in [-0.2, -0.15) is 0 Å². The smallest absolute Gasteiger partial charge is 0.306 e. The van der Waals surface area contributed by atoms with Gasteiger partial charge < -0.3 is 5.32 Å². The minimum absolute atomic E-state index is 0.327. The molecule has 0 fully saturated rings. The molecule has 3 rings (SSSR count). The van der Waals surface area contributed by atoms with Gasteiger partial charge in [-0.25, -0.2) is 9.80 Å². The third-order valence-electron chi connectivity index (χ3n) is 2.99. The monoisotopic (exact) mass is 268 g/mol. The number of hydrogen-bond acceptors (Lipinski definition) is 3. The standard InChI is InChI=1S/C14H12N4O2/c19-13(10-5-3-7-15-8-10)17-18-9-11-4-1-2-6-12(11)16-14(18)20/h1-8H,9H2,(H,16,20)(H,17,19). The van der Waals surface area contributed by atoms with Gasteiger partial charge in [-0.05, 0) is 23.8 Å². The zero-order valence-corrected chi connectivity index (χ0v) is 10.5. The molecule has 2 heterocycles. The van der Waals surface area contributed by atoms with Crippen molar-refractivity contribution in [3.8, 4) is 0 Å². The van der Waals surface area contributed by atoms with E-state index < -0.39 is 0 Å². The number of urea groups is 1. The van der Waals surface area contributed by atoms with Gasteiger partial charge >= 0.3 is 6.03 Å². The van der Waals surface area contributed by atoms with Gasteiger partial charge in [0.2, 0.25) is 0 Å². The number of carbonyl (C=O) groups excluding carboxylic acids is 2. The van der Waals surface area contributed by atoms with Crippen LogP contribution in [0.4, 0.5) is 10.5 Å². The van der Waals surface area contributed by atoms with E-state index in [1.807, 2.05) is 24.3 Å². The number of aromatic nitrogens is 1.